The van der Waals surface area contributed by atoms with Gasteiger partial charge in [0.25, 0.3) is 0 Å². The average Bonchev–Trinajstić information content (AvgIpc) is 3.38. The molecule has 1 aliphatic heterocycles. The number of aromatic nitrogens is 3. The Balaban J connectivity index is 1.32. The number of fused-ring (bicyclic) bond motifs is 2. The highest BCUT2D eigenvalue weighted by Gasteiger charge is 2.28. The van der Waals surface area contributed by atoms with Crippen molar-refractivity contribution < 1.29 is 9.53 Å². The number of hydrogen-bond acceptors (Lipinski definition) is 6. The highest BCUT2D eigenvalue weighted by Crippen LogP contribution is 2.41. The van der Waals surface area contributed by atoms with E-state index < -0.39 is 5.60 Å². The van der Waals surface area contributed by atoms with Crippen molar-refractivity contribution in [2.75, 3.05) is 13.1 Å². The second-order valence-electron chi connectivity index (χ2n) is 9.60. The summed E-state index contributed by atoms with van der Waals surface area (Å²) in [6, 6.07) is 4.44. The fraction of sp³-hybridized carbons (Fsp3) is 0.458. The van der Waals surface area contributed by atoms with Crippen molar-refractivity contribution >= 4 is 43.9 Å². The largest absolute Gasteiger partial charge is 0.444 e. The number of carbonyl (C=O) groups excluding carboxylic acids is 1. The summed E-state index contributed by atoms with van der Waals surface area (Å²) in [5, 5.41) is 1.06. The molecule has 0 radical (unpaired) electrons. The highest BCUT2D eigenvalue weighted by atomic mass is 32.1. The van der Waals surface area contributed by atoms with Crippen molar-refractivity contribution in [3.05, 3.63) is 40.7 Å². The smallest absolute Gasteiger partial charge is 0.410 e. The maximum Gasteiger partial charge on any atom is 0.410 e. The molecule has 168 valence electrons. The molecule has 5 heterocycles. The number of rotatable bonds is 2. The van der Waals surface area contributed by atoms with E-state index in [4.69, 9.17) is 9.72 Å². The molecule has 1 amide bonds. The number of pyridine rings is 1. The lowest BCUT2D eigenvalue weighted by molar-refractivity contribution is 0.0205. The van der Waals surface area contributed by atoms with Gasteiger partial charge in [0.05, 0.1) is 10.4 Å². The normalized spacial score (nSPS) is 15.7. The van der Waals surface area contributed by atoms with Crippen LogP contribution in [0.25, 0.3) is 25.7 Å². The lowest BCUT2D eigenvalue weighted by atomic mass is 9.95. The number of carbonyl (C=O) groups is 1. The molecule has 5 rings (SSSR count). The molecule has 1 aliphatic rings. The van der Waals surface area contributed by atoms with Crippen LogP contribution in [0.5, 0.6) is 0 Å². The third-order valence-corrected chi connectivity index (χ3v) is 8.16. The zero-order valence-electron chi connectivity index (χ0n) is 19.1. The van der Waals surface area contributed by atoms with Crippen LogP contribution in [0.1, 0.15) is 55.7 Å². The predicted molar refractivity (Wildman–Crippen MR) is 131 cm³/mol. The fourth-order valence-corrected chi connectivity index (χ4v) is 6.69. The van der Waals surface area contributed by atoms with E-state index in [1.165, 1.54) is 15.1 Å². The first-order valence-electron chi connectivity index (χ1n) is 11.0. The molecule has 32 heavy (non-hydrogen) atoms. The Labute approximate surface area is 195 Å². The van der Waals surface area contributed by atoms with Crippen molar-refractivity contribution in [1.29, 1.82) is 0 Å². The molecule has 0 bridgehead atoms. The van der Waals surface area contributed by atoms with E-state index in [1.54, 1.807) is 22.7 Å². The van der Waals surface area contributed by atoms with E-state index in [2.05, 4.69) is 40.8 Å². The second-order valence-corrected chi connectivity index (χ2v) is 11.7. The standard InChI is InChI=1S/C24H28N4O2S2/c1-14-10-20-25-15(2)12-28(20)13-17(14)21-26-22-19(32-21)11-18(31-22)16-6-8-27(9-7-16)23(29)30-24(3,4)5/h10-13,16H,6-9H2,1-5H3. The summed E-state index contributed by atoms with van der Waals surface area (Å²) in [5.41, 5.74) is 3.90. The Morgan fingerprint density at radius 1 is 1.09 bits per heavy atom. The van der Waals surface area contributed by atoms with E-state index in [0.29, 0.717) is 5.92 Å². The molecule has 4 aromatic rings. The minimum atomic E-state index is -0.449. The van der Waals surface area contributed by atoms with Gasteiger partial charge in [-0.1, -0.05) is 0 Å². The first kappa shape index (κ1) is 21.4. The number of nitrogens with zero attached hydrogens (tertiary/aromatic N) is 4. The van der Waals surface area contributed by atoms with Gasteiger partial charge >= 0.3 is 6.09 Å². The number of amides is 1. The van der Waals surface area contributed by atoms with E-state index in [-0.39, 0.29) is 6.09 Å². The van der Waals surface area contributed by atoms with Crippen LogP contribution in [0, 0.1) is 13.8 Å². The van der Waals surface area contributed by atoms with Crippen molar-refractivity contribution in [1.82, 2.24) is 19.3 Å². The first-order chi connectivity index (χ1) is 15.2. The van der Waals surface area contributed by atoms with Crippen LogP contribution in [0.3, 0.4) is 0 Å². The van der Waals surface area contributed by atoms with Gasteiger partial charge in [-0.15, -0.1) is 22.7 Å². The van der Waals surface area contributed by atoms with Crippen LogP contribution in [-0.4, -0.2) is 44.1 Å². The zero-order valence-corrected chi connectivity index (χ0v) is 20.8. The molecule has 8 heteroatoms. The number of likely N-dealkylation sites (tertiary alicyclic amines) is 1. The van der Waals surface area contributed by atoms with Crippen LogP contribution in [0.2, 0.25) is 0 Å². The van der Waals surface area contributed by atoms with Gasteiger partial charge in [0.2, 0.25) is 0 Å². The quantitative estimate of drug-likeness (QED) is 0.341. The van der Waals surface area contributed by atoms with E-state index in [9.17, 15) is 4.79 Å². The molecule has 0 atom stereocenters. The van der Waals surface area contributed by atoms with Crippen molar-refractivity contribution in [2.24, 2.45) is 0 Å². The van der Waals surface area contributed by atoms with Crippen molar-refractivity contribution in [3.8, 4) is 10.6 Å². The molecule has 0 unspecified atom stereocenters. The minimum Gasteiger partial charge on any atom is -0.444 e. The number of ether oxygens (including phenoxy) is 1. The van der Waals surface area contributed by atoms with Crippen LogP contribution < -0.4 is 0 Å². The molecule has 4 aromatic heterocycles. The van der Waals surface area contributed by atoms with Gasteiger partial charge in [0, 0.05) is 35.9 Å². The fourth-order valence-electron chi connectivity index (χ4n) is 4.22. The molecule has 1 fully saturated rings. The Bertz CT molecular complexity index is 1270. The van der Waals surface area contributed by atoms with Crippen LogP contribution in [-0.2, 0) is 4.74 Å². The number of thiazole rings is 1. The Morgan fingerprint density at radius 3 is 2.53 bits per heavy atom. The second kappa shape index (κ2) is 7.85. The lowest BCUT2D eigenvalue weighted by Gasteiger charge is -2.33. The molecule has 0 aliphatic carbocycles. The number of hydrogen-bond donors (Lipinski definition) is 0. The molecule has 6 nitrogen and oxygen atoms in total. The molecule has 0 saturated carbocycles. The third kappa shape index (κ3) is 4.13. The summed E-state index contributed by atoms with van der Waals surface area (Å²) in [6.07, 6.45) is 5.93. The van der Waals surface area contributed by atoms with Crippen molar-refractivity contribution in [3.63, 3.8) is 0 Å². The van der Waals surface area contributed by atoms with E-state index in [0.717, 1.165) is 52.7 Å². The van der Waals surface area contributed by atoms with Crippen LogP contribution in [0.4, 0.5) is 4.79 Å². The predicted octanol–water partition coefficient (Wildman–Crippen LogP) is 6.40. The minimum absolute atomic E-state index is 0.199. The van der Waals surface area contributed by atoms with Crippen LogP contribution >= 0.6 is 22.7 Å². The van der Waals surface area contributed by atoms with Gasteiger partial charge in [-0.3, -0.25) is 0 Å². The Morgan fingerprint density at radius 2 is 1.84 bits per heavy atom. The maximum atomic E-state index is 12.3. The molecule has 1 saturated heterocycles. The van der Waals surface area contributed by atoms with Crippen molar-refractivity contribution in [2.45, 2.75) is 59.0 Å². The number of piperidine rings is 1. The number of aryl methyl sites for hydroxylation is 2. The molecular weight excluding hydrogens is 440 g/mol. The summed E-state index contributed by atoms with van der Waals surface area (Å²) in [7, 11) is 0. The Hall–Kier alpha value is -2.45. The highest BCUT2D eigenvalue weighted by molar-refractivity contribution is 7.28. The van der Waals surface area contributed by atoms with E-state index in [1.807, 2.05) is 32.6 Å². The summed E-state index contributed by atoms with van der Waals surface area (Å²) in [5.74, 6) is 0.482. The van der Waals surface area contributed by atoms with Gasteiger partial charge in [0.15, 0.2) is 0 Å². The molecule has 0 N–H and O–H groups in total. The maximum absolute atomic E-state index is 12.3. The first-order valence-corrected chi connectivity index (χ1v) is 12.6. The summed E-state index contributed by atoms with van der Waals surface area (Å²) in [4.78, 5) is 26.2. The summed E-state index contributed by atoms with van der Waals surface area (Å²) in [6.45, 7) is 11.4. The molecular formula is C24H28N4O2S2. The van der Waals surface area contributed by atoms with Gasteiger partial charge in [0.1, 0.15) is 21.1 Å². The lowest BCUT2D eigenvalue weighted by Crippen LogP contribution is -2.41. The summed E-state index contributed by atoms with van der Waals surface area (Å²) >= 11 is 3.56. The molecule has 0 aromatic carbocycles. The monoisotopic (exact) mass is 468 g/mol. The zero-order chi connectivity index (χ0) is 22.6. The average molecular weight is 469 g/mol. The molecule has 0 spiro atoms. The van der Waals surface area contributed by atoms with Gasteiger partial charge in [-0.2, -0.15) is 0 Å². The van der Waals surface area contributed by atoms with Gasteiger partial charge in [-0.05, 0) is 71.1 Å². The Kier molecular flexibility index (Phi) is 5.25. The van der Waals surface area contributed by atoms with Gasteiger partial charge in [-0.25, -0.2) is 14.8 Å². The van der Waals surface area contributed by atoms with Crippen LogP contribution in [0.15, 0.2) is 24.5 Å². The SMILES string of the molecule is Cc1cn2cc(-c3nc4sc(C5CCN(C(=O)OC(C)(C)C)CC5)cc4s3)c(C)cc2n1. The third-order valence-electron chi connectivity index (χ3n) is 5.81. The number of imidazole rings is 1. The topological polar surface area (TPSA) is 59.7 Å². The van der Waals surface area contributed by atoms with E-state index >= 15 is 0 Å². The summed E-state index contributed by atoms with van der Waals surface area (Å²) < 4.78 is 8.85. The van der Waals surface area contributed by atoms with Gasteiger partial charge < -0.3 is 14.0 Å². The number of thiophene rings is 1.